The normalized spacial score (nSPS) is 16.4. The van der Waals surface area contributed by atoms with E-state index in [-0.39, 0.29) is 0 Å². The molecule has 0 unspecified atom stereocenters. The van der Waals surface area contributed by atoms with Crippen molar-refractivity contribution in [1.29, 1.82) is 0 Å². The first-order chi connectivity index (χ1) is 7.75. The standard InChI is InChI=1S/C11H14N4S/c1-6-7(2)16-11-9(6)10(13-5-14-11)15-8-3-12-4-8/h5,8,12H,3-4H2,1-2H3,(H,13,14,15). The molecular formula is C11H14N4S. The number of rotatable bonds is 2. The summed E-state index contributed by atoms with van der Waals surface area (Å²) in [5, 5.41) is 7.91. The smallest absolute Gasteiger partial charge is 0.138 e. The van der Waals surface area contributed by atoms with Crippen LogP contribution in [-0.2, 0) is 0 Å². The van der Waals surface area contributed by atoms with Crippen molar-refractivity contribution in [3.8, 4) is 0 Å². The third kappa shape index (κ3) is 1.47. The Balaban J connectivity index is 2.08. The lowest BCUT2D eigenvalue weighted by Crippen LogP contribution is -2.51. The van der Waals surface area contributed by atoms with Gasteiger partial charge in [0.25, 0.3) is 0 Å². The van der Waals surface area contributed by atoms with Crippen molar-refractivity contribution < 1.29 is 0 Å². The quantitative estimate of drug-likeness (QED) is 0.830. The second-order valence-electron chi connectivity index (χ2n) is 4.19. The van der Waals surface area contributed by atoms with Gasteiger partial charge >= 0.3 is 0 Å². The number of hydrogen-bond donors (Lipinski definition) is 2. The maximum Gasteiger partial charge on any atom is 0.138 e. The first-order valence-corrected chi connectivity index (χ1v) is 6.25. The number of aromatic nitrogens is 2. The molecule has 0 spiro atoms. The second kappa shape index (κ2) is 3.68. The molecule has 1 saturated heterocycles. The fourth-order valence-electron chi connectivity index (χ4n) is 1.88. The van der Waals surface area contributed by atoms with Crippen LogP contribution in [0.2, 0.25) is 0 Å². The summed E-state index contributed by atoms with van der Waals surface area (Å²) in [6.45, 7) is 6.32. The predicted molar refractivity (Wildman–Crippen MR) is 67.2 cm³/mol. The molecule has 0 amide bonds. The van der Waals surface area contributed by atoms with E-state index < -0.39 is 0 Å². The Morgan fingerprint density at radius 3 is 2.88 bits per heavy atom. The second-order valence-corrected chi connectivity index (χ2v) is 5.39. The van der Waals surface area contributed by atoms with Crippen LogP contribution in [0.5, 0.6) is 0 Å². The highest BCUT2D eigenvalue weighted by Gasteiger charge is 2.19. The zero-order chi connectivity index (χ0) is 11.1. The zero-order valence-corrected chi connectivity index (χ0v) is 10.2. The first-order valence-electron chi connectivity index (χ1n) is 5.43. The van der Waals surface area contributed by atoms with Gasteiger partial charge in [-0.25, -0.2) is 9.97 Å². The molecule has 2 aromatic rings. The monoisotopic (exact) mass is 234 g/mol. The number of nitrogens with zero attached hydrogens (tertiary/aromatic N) is 2. The molecule has 2 N–H and O–H groups in total. The Morgan fingerprint density at radius 1 is 1.38 bits per heavy atom. The van der Waals surface area contributed by atoms with Crippen molar-refractivity contribution in [2.24, 2.45) is 0 Å². The molecule has 16 heavy (non-hydrogen) atoms. The van der Waals surface area contributed by atoms with Gasteiger partial charge in [-0.3, -0.25) is 0 Å². The Morgan fingerprint density at radius 2 is 2.19 bits per heavy atom. The minimum absolute atomic E-state index is 0.512. The van der Waals surface area contributed by atoms with Crippen LogP contribution in [0.4, 0.5) is 5.82 Å². The van der Waals surface area contributed by atoms with Gasteiger partial charge < -0.3 is 10.6 Å². The van der Waals surface area contributed by atoms with Crippen LogP contribution < -0.4 is 10.6 Å². The molecule has 5 heteroatoms. The van der Waals surface area contributed by atoms with Crippen LogP contribution in [-0.4, -0.2) is 29.1 Å². The van der Waals surface area contributed by atoms with Crippen LogP contribution in [0.25, 0.3) is 10.2 Å². The first kappa shape index (κ1) is 9.99. The third-order valence-corrected chi connectivity index (χ3v) is 4.20. The van der Waals surface area contributed by atoms with E-state index in [0.717, 1.165) is 23.7 Å². The van der Waals surface area contributed by atoms with E-state index in [4.69, 9.17) is 0 Å². The molecular weight excluding hydrogens is 220 g/mol. The molecule has 0 aliphatic carbocycles. The van der Waals surface area contributed by atoms with Gasteiger partial charge in [-0.05, 0) is 19.4 Å². The number of nitrogens with one attached hydrogen (secondary N) is 2. The molecule has 4 nitrogen and oxygen atoms in total. The van der Waals surface area contributed by atoms with E-state index in [2.05, 4.69) is 34.4 Å². The van der Waals surface area contributed by atoms with Crippen molar-refractivity contribution in [3.05, 3.63) is 16.8 Å². The van der Waals surface area contributed by atoms with E-state index in [1.54, 1.807) is 17.7 Å². The van der Waals surface area contributed by atoms with Gasteiger partial charge in [-0.1, -0.05) is 0 Å². The summed E-state index contributed by atoms with van der Waals surface area (Å²) in [5.74, 6) is 0.985. The highest BCUT2D eigenvalue weighted by Crippen LogP contribution is 2.32. The molecule has 3 heterocycles. The van der Waals surface area contributed by atoms with Crippen LogP contribution in [0.15, 0.2) is 6.33 Å². The van der Waals surface area contributed by atoms with Crippen LogP contribution >= 0.6 is 11.3 Å². The molecule has 0 bridgehead atoms. The summed E-state index contributed by atoms with van der Waals surface area (Å²) in [6.07, 6.45) is 1.64. The van der Waals surface area contributed by atoms with Gasteiger partial charge in [-0.15, -0.1) is 11.3 Å². The Kier molecular flexibility index (Phi) is 2.29. The molecule has 1 fully saturated rings. The summed E-state index contributed by atoms with van der Waals surface area (Å²) in [6, 6.07) is 0.512. The lowest BCUT2D eigenvalue weighted by molar-refractivity contribution is 0.471. The molecule has 3 rings (SSSR count). The number of aryl methyl sites for hydroxylation is 2. The molecule has 0 aromatic carbocycles. The number of anilines is 1. The summed E-state index contributed by atoms with van der Waals surface area (Å²) in [4.78, 5) is 11.1. The van der Waals surface area contributed by atoms with Gasteiger partial charge in [-0.2, -0.15) is 0 Å². The maximum absolute atomic E-state index is 4.36. The molecule has 2 aromatic heterocycles. The molecule has 1 aliphatic heterocycles. The Bertz CT molecular complexity index is 530. The average Bonchev–Trinajstić information content (AvgIpc) is 2.50. The largest absolute Gasteiger partial charge is 0.364 e. The van der Waals surface area contributed by atoms with E-state index in [9.17, 15) is 0 Å². The van der Waals surface area contributed by atoms with Gasteiger partial charge in [0.15, 0.2) is 0 Å². The van der Waals surface area contributed by atoms with Crippen molar-refractivity contribution in [1.82, 2.24) is 15.3 Å². The van der Waals surface area contributed by atoms with Crippen molar-refractivity contribution in [2.75, 3.05) is 18.4 Å². The predicted octanol–water partition coefficient (Wildman–Crippen LogP) is 1.69. The van der Waals surface area contributed by atoms with E-state index >= 15 is 0 Å². The Hall–Kier alpha value is -1.20. The van der Waals surface area contributed by atoms with Crippen LogP contribution in [0.1, 0.15) is 10.4 Å². The van der Waals surface area contributed by atoms with Gasteiger partial charge in [0, 0.05) is 18.0 Å². The van der Waals surface area contributed by atoms with E-state index in [0.29, 0.717) is 6.04 Å². The van der Waals surface area contributed by atoms with Gasteiger partial charge in [0.05, 0.1) is 11.4 Å². The fourth-order valence-corrected chi connectivity index (χ4v) is 2.87. The maximum atomic E-state index is 4.36. The number of fused-ring (bicyclic) bond motifs is 1. The Labute approximate surface area is 98.1 Å². The van der Waals surface area contributed by atoms with Gasteiger partial charge in [0.1, 0.15) is 17.0 Å². The SMILES string of the molecule is Cc1sc2ncnc(NC3CNC3)c2c1C. The topological polar surface area (TPSA) is 49.8 Å². The molecule has 0 atom stereocenters. The van der Waals surface area contributed by atoms with Crippen LogP contribution in [0, 0.1) is 13.8 Å². The molecule has 1 aliphatic rings. The van der Waals surface area contributed by atoms with Gasteiger partial charge in [0.2, 0.25) is 0 Å². The van der Waals surface area contributed by atoms with Crippen molar-refractivity contribution in [2.45, 2.75) is 19.9 Å². The lowest BCUT2D eigenvalue weighted by Gasteiger charge is -2.28. The van der Waals surface area contributed by atoms with E-state index in [1.165, 1.54) is 15.8 Å². The summed E-state index contributed by atoms with van der Waals surface area (Å²) >= 11 is 1.74. The minimum Gasteiger partial charge on any atom is -0.364 e. The average molecular weight is 234 g/mol. The highest BCUT2D eigenvalue weighted by molar-refractivity contribution is 7.18. The molecule has 0 saturated carbocycles. The number of thiophene rings is 1. The lowest BCUT2D eigenvalue weighted by atomic mass is 10.1. The summed E-state index contributed by atoms with van der Waals surface area (Å²) < 4.78 is 0. The van der Waals surface area contributed by atoms with E-state index in [1.807, 2.05) is 0 Å². The summed E-state index contributed by atoms with van der Waals surface area (Å²) in [7, 11) is 0. The molecule has 0 radical (unpaired) electrons. The number of hydrogen-bond acceptors (Lipinski definition) is 5. The van der Waals surface area contributed by atoms with Crippen molar-refractivity contribution in [3.63, 3.8) is 0 Å². The highest BCUT2D eigenvalue weighted by atomic mass is 32.1. The molecule has 84 valence electrons. The fraction of sp³-hybridized carbons (Fsp3) is 0.455. The third-order valence-electron chi connectivity index (χ3n) is 3.09. The van der Waals surface area contributed by atoms with Crippen LogP contribution in [0.3, 0.4) is 0 Å². The summed E-state index contributed by atoms with van der Waals surface area (Å²) in [5.41, 5.74) is 1.30. The van der Waals surface area contributed by atoms with Crippen molar-refractivity contribution >= 4 is 27.4 Å². The minimum atomic E-state index is 0.512. The zero-order valence-electron chi connectivity index (χ0n) is 9.37.